The summed E-state index contributed by atoms with van der Waals surface area (Å²) < 4.78 is 30.8. The van der Waals surface area contributed by atoms with Crippen molar-refractivity contribution in [3.8, 4) is 5.75 Å². The second kappa shape index (κ2) is 9.01. The zero-order chi connectivity index (χ0) is 20.3. The summed E-state index contributed by atoms with van der Waals surface area (Å²) >= 11 is 12.3. The van der Waals surface area contributed by atoms with Gasteiger partial charge in [0.15, 0.2) is 0 Å². The van der Waals surface area contributed by atoms with E-state index in [-0.39, 0.29) is 12.1 Å². The van der Waals surface area contributed by atoms with Crippen LogP contribution in [0.15, 0.2) is 42.5 Å². The minimum absolute atomic E-state index is 0.136. The molecule has 28 heavy (non-hydrogen) atoms. The van der Waals surface area contributed by atoms with Gasteiger partial charge >= 0.3 is 0 Å². The first kappa shape index (κ1) is 21.4. The SMILES string of the molecule is CC(NCc1ccc(Cl)c(OC2CCN(S(C)(=O)=O)C2)c1)c1cccc(Cl)c1. The number of nitrogens with one attached hydrogen (secondary N) is 1. The predicted octanol–water partition coefficient (Wildman–Crippen LogP) is 4.26. The summed E-state index contributed by atoms with van der Waals surface area (Å²) in [7, 11) is -3.19. The Morgan fingerprint density at radius 1 is 1.25 bits per heavy atom. The van der Waals surface area contributed by atoms with Crippen LogP contribution in [-0.4, -0.2) is 38.2 Å². The smallest absolute Gasteiger partial charge is 0.211 e. The molecule has 5 nitrogen and oxygen atoms in total. The molecule has 1 heterocycles. The van der Waals surface area contributed by atoms with Crippen LogP contribution in [0.2, 0.25) is 10.0 Å². The van der Waals surface area contributed by atoms with Gasteiger partial charge in [0.05, 0.1) is 17.8 Å². The summed E-state index contributed by atoms with van der Waals surface area (Å²) in [6.07, 6.45) is 1.67. The highest BCUT2D eigenvalue weighted by Gasteiger charge is 2.30. The van der Waals surface area contributed by atoms with E-state index in [0.29, 0.717) is 41.8 Å². The van der Waals surface area contributed by atoms with Gasteiger partial charge in [-0.2, -0.15) is 4.31 Å². The first-order chi connectivity index (χ1) is 13.2. The molecule has 0 spiro atoms. The number of nitrogens with zero attached hydrogens (tertiary/aromatic N) is 1. The van der Waals surface area contributed by atoms with Crippen LogP contribution in [0, 0.1) is 0 Å². The van der Waals surface area contributed by atoms with Crippen molar-refractivity contribution in [2.24, 2.45) is 0 Å². The summed E-state index contributed by atoms with van der Waals surface area (Å²) in [5.74, 6) is 0.580. The average molecular weight is 443 g/mol. The molecule has 0 bridgehead atoms. The van der Waals surface area contributed by atoms with E-state index in [9.17, 15) is 8.42 Å². The third-order valence-corrected chi connectivity index (χ3v) is 6.64. The van der Waals surface area contributed by atoms with Crippen molar-refractivity contribution in [1.82, 2.24) is 9.62 Å². The minimum Gasteiger partial charge on any atom is -0.487 e. The van der Waals surface area contributed by atoms with E-state index < -0.39 is 10.0 Å². The Labute approximate surface area is 176 Å². The van der Waals surface area contributed by atoms with Crippen LogP contribution in [0.3, 0.4) is 0 Å². The monoisotopic (exact) mass is 442 g/mol. The summed E-state index contributed by atoms with van der Waals surface area (Å²) in [6.45, 7) is 3.54. The lowest BCUT2D eigenvalue weighted by atomic mass is 10.1. The number of hydrogen-bond donors (Lipinski definition) is 1. The summed E-state index contributed by atoms with van der Waals surface area (Å²) in [5.41, 5.74) is 2.15. The zero-order valence-electron chi connectivity index (χ0n) is 15.9. The average Bonchev–Trinajstić information content (AvgIpc) is 3.11. The fourth-order valence-corrected chi connectivity index (χ4v) is 4.42. The van der Waals surface area contributed by atoms with Gasteiger partial charge in [0.2, 0.25) is 10.0 Å². The number of benzene rings is 2. The standard InChI is InChI=1S/C20H24Cl2N2O3S/c1-14(16-4-3-5-17(21)11-16)23-12-15-6-7-19(22)20(10-15)27-18-8-9-24(13-18)28(2,25)26/h3-7,10-11,14,18,23H,8-9,12-13H2,1-2H3. The molecule has 0 amide bonds. The van der Waals surface area contributed by atoms with Crippen molar-refractivity contribution in [2.45, 2.75) is 32.0 Å². The quantitative estimate of drug-likeness (QED) is 0.695. The van der Waals surface area contributed by atoms with Gasteiger partial charge in [0.25, 0.3) is 0 Å². The van der Waals surface area contributed by atoms with Crippen molar-refractivity contribution in [3.63, 3.8) is 0 Å². The van der Waals surface area contributed by atoms with E-state index in [1.807, 2.05) is 36.4 Å². The Kier molecular flexibility index (Phi) is 6.89. The second-order valence-corrected chi connectivity index (χ2v) is 9.90. The Bertz CT molecular complexity index is 937. The highest BCUT2D eigenvalue weighted by atomic mass is 35.5. The van der Waals surface area contributed by atoms with Gasteiger partial charge in [0.1, 0.15) is 11.9 Å². The molecule has 0 saturated carbocycles. The summed E-state index contributed by atoms with van der Waals surface area (Å²) in [4.78, 5) is 0. The summed E-state index contributed by atoms with van der Waals surface area (Å²) in [5, 5.41) is 4.70. The predicted molar refractivity (Wildman–Crippen MR) is 114 cm³/mol. The largest absolute Gasteiger partial charge is 0.487 e. The number of hydrogen-bond acceptors (Lipinski definition) is 4. The molecule has 152 valence electrons. The first-order valence-electron chi connectivity index (χ1n) is 9.11. The van der Waals surface area contributed by atoms with Gasteiger partial charge in [-0.15, -0.1) is 0 Å². The first-order valence-corrected chi connectivity index (χ1v) is 11.7. The molecule has 0 aromatic heterocycles. The molecule has 0 aliphatic carbocycles. The zero-order valence-corrected chi connectivity index (χ0v) is 18.2. The molecule has 1 aliphatic heterocycles. The third-order valence-electron chi connectivity index (χ3n) is 4.83. The van der Waals surface area contributed by atoms with Gasteiger partial charge in [-0.3, -0.25) is 0 Å². The molecule has 3 rings (SSSR count). The number of rotatable bonds is 7. The lowest BCUT2D eigenvalue weighted by Gasteiger charge is -2.18. The van der Waals surface area contributed by atoms with Crippen LogP contribution >= 0.6 is 23.2 Å². The minimum atomic E-state index is -3.19. The van der Waals surface area contributed by atoms with Gasteiger partial charge in [-0.05, 0) is 48.7 Å². The van der Waals surface area contributed by atoms with Crippen LogP contribution in [-0.2, 0) is 16.6 Å². The second-order valence-electron chi connectivity index (χ2n) is 7.07. The van der Waals surface area contributed by atoms with E-state index in [1.165, 1.54) is 10.6 Å². The van der Waals surface area contributed by atoms with Crippen LogP contribution in [0.4, 0.5) is 0 Å². The molecule has 2 atom stereocenters. The molecule has 1 aliphatic rings. The maximum Gasteiger partial charge on any atom is 0.211 e. The van der Waals surface area contributed by atoms with E-state index in [1.54, 1.807) is 6.07 Å². The maximum atomic E-state index is 11.7. The number of sulfonamides is 1. The van der Waals surface area contributed by atoms with Crippen molar-refractivity contribution in [1.29, 1.82) is 0 Å². The van der Waals surface area contributed by atoms with E-state index in [0.717, 1.165) is 11.1 Å². The van der Waals surface area contributed by atoms with Gasteiger partial charge in [-0.1, -0.05) is 41.4 Å². The molecule has 1 fully saturated rings. The highest BCUT2D eigenvalue weighted by Crippen LogP contribution is 2.29. The Hall–Kier alpha value is -1.31. The normalized spacial score (nSPS) is 18.9. The number of ether oxygens (including phenoxy) is 1. The highest BCUT2D eigenvalue weighted by molar-refractivity contribution is 7.88. The molecular weight excluding hydrogens is 419 g/mol. The van der Waals surface area contributed by atoms with Gasteiger partial charge in [0, 0.05) is 24.2 Å². The third kappa shape index (κ3) is 5.61. The van der Waals surface area contributed by atoms with Crippen LogP contribution < -0.4 is 10.1 Å². The summed E-state index contributed by atoms with van der Waals surface area (Å²) in [6, 6.07) is 13.6. The van der Waals surface area contributed by atoms with E-state index in [2.05, 4.69) is 12.2 Å². The molecular formula is C20H24Cl2N2O3S. The molecule has 8 heteroatoms. The van der Waals surface area contributed by atoms with Crippen LogP contribution in [0.25, 0.3) is 0 Å². The molecule has 2 aromatic carbocycles. The lowest BCUT2D eigenvalue weighted by Crippen LogP contribution is -2.30. The topological polar surface area (TPSA) is 58.6 Å². The van der Waals surface area contributed by atoms with E-state index >= 15 is 0 Å². The molecule has 0 radical (unpaired) electrons. The van der Waals surface area contributed by atoms with Crippen LogP contribution in [0.5, 0.6) is 5.75 Å². The molecule has 2 aromatic rings. The van der Waals surface area contributed by atoms with Crippen LogP contribution in [0.1, 0.15) is 30.5 Å². The van der Waals surface area contributed by atoms with Crippen molar-refractivity contribution in [2.75, 3.05) is 19.3 Å². The van der Waals surface area contributed by atoms with Crippen molar-refractivity contribution < 1.29 is 13.2 Å². The van der Waals surface area contributed by atoms with Crippen molar-refractivity contribution in [3.05, 3.63) is 63.6 Å². The number of halogens is 2. The fraction of sp³-hybridized carbons (Fsp3) is 0.400. The molecule has 2 unspecified atom stereocenters. The molecule has 1 N–H and O–H groups in total. The van der Waals surface area contributed by atoms with E-state index in [4.69, 9.17) is 27.9 Å². The maximum absolute atomic E-state index is 11.7. The Morgan fingerprint density at radius 2 is 2.04 bits per heavy atom. The Morgan fingerprint density at radius 3 is 2.71 bits per heavy atom. The Balaban J connectivity index is 1.62. The van der Waals surface area contributed by atoms with Gasteiger partial charge < -0.3 is 10.1 Å². The lowest BCUT2D eigenvalue weighted by molar-refractivity contribution is 0.215. The molecule has 1 saturated heterocycles. The van der Waals surface area contributed by atoms with Crippen molar-refractivity contribution >= 4 is 33.2 Å². The fourth-order valence-electron chi connectivity index (χ4n) is 3.19. The van der Waals surface area contributed by atoms with Gasteiger partial charge in [-0.25, -0.2) is 8.42 Å².